The molecule has 1 aromatic heterocycles. The van der Waals surface area contributed by atoms with Gasteiger partial charge in [-0.25, -0.2) is 0 Å². The zero-order valence-electron chi connectivity index (χ0n) is 12.3. The summed E-state index contributed by atoms with van der Waals surface area (Å²) >= 11 is 6.03. The largest absolute Gasteiger partial charge is 0.471 e. The minimum Gasteiger partial charge on any atom is -0.345 e. The van der Waals surface area contributed by atoms with Crippen LogP contribution in [0.15, 0.2) is 22.7 Å². The zero-order chi connectivity index (χ0) is 17.9. The highest BCUT2D eigenvalue weighted by atomic mass is 35.5. The molecule has 0 saturated carbocycles. The van der Waals surface area contributed by atoms with Crippen molar-refractivity contribution in [2.24, 2.45) is 0 Å². The van der Waals surface area contributed by atoms with Crippen LogP contribution in [0, 0.1) is 0 Å². The van der Waals surface area contributed by atoms with E-state index in [4.69, 9.17) is 11.6 Å². The number of benzene rings is 1. The fourth-order valence-corrected chi connectivity index (χ4v) is 1.97. The van der Waals surface area contributed by atoms with Crippen molar-refractivity contribution in [3.05, 3.63) is 34.7 Å². The second kappa shape index (κ2) is 7.00. The third-order valence-electron chi connectivity index (χ3n) is 2.99. The lowest BCUT2D eigenvalue weighted by Gasteiger charge is -2.07. The Morgan fingerprint density at radius 1 is 1.33 bits per heavy atom. The molecule has 10 heteroatoms. The molecule has 0 spiro atoms. The minimum atomic E-state index is -4.73. The van der Waals surface area contributed by atoms with E-state index in [1.807, 2.05) is 0 Å². The second-order valence-electron chi connectivity index (χ2n) is 4.69. The number of amides is 1. The first-order valence-corrected chi connectivity index (χ1v) is 7.11. The molecule has 1 aromatic carbocycles. The standard InChI is InChI=1S/C14H11ClF3N3O3/c1-2-10(22)12(23)19-6-8-4-3-7(5-9(8)15)11-20-13(24-21-11)14(16,17)18/h3-5H,2,6H2,1H3,(H,19,23). The number of Topliss-reactive ketones (excluding diaryl/α,β-unsaturated/α-hetero) is 1. The molecule has 2 rings (SSSR count). The van der Waals surface area contributed by atoms with Crippen molar-refractivity contribution in [1.29, 1.82) is 0 Å². The molecule has 1 N–H and O–H groups in total. The Morgan fingerprint density at radius 2 is 2.04 bits per heavy atom. The molecule has 2 aromatic rings. The van der Waals surface area contributed by atoms with Gasteiger partial charge in [0.2, 0.25) is 11.6 Å². The van der Waals surface area contributed by atoms with Crippen LogP contribution in [-0.2, 0) is 22.3 Å². The highest BCUT2D eigenvalue weighted by molar-refractivity contribution is 6.36. The summed E-state index contributed by atoms with van der Waals surface area (Å²) in [6.45, 7) is 1.56. The van der Waals surface area contributed by atoms with Crippen molar-refractivity contribution in [2.45, 2.75) is 26.1 Å². The Kier molecular flexibility index (Phi) is 5.23. The van der Waals surface area contributed by atoms with E-state index in [0.29, 0.717) is 5.56 Å². The van der Waals surface area contributed by atoms with E-state index in [1.165, 1.54) is 18.2 Å². The number of ketones is 1. The minimum absolute atomic E-state index is 0.00370. The van der Waals surface area contributed by atoms with Gasteiger partial charge < -0.3 is 9.84 Å². The number of rotatable bonds is 5. The summed E-state index contributed by atoms with van der Waals surface area (Å²) in [5, 5.41) is 5.83. The predicted molar refractivity (Wildman–Crippen MR) is 76.9 cm³/mol. The molecule has 1 heterocycles. The lowest BCUT2D eigenvalue weighted by molar-refractivity contribution is -0.159. The summed E-state index contributed by atoms with van der Waals surface area (Å²) in [7, 11) is 0. The van der Waals surface area contributed by atoms with Crippen LogP contribution >= 0.6 is 11.6 Å². The van der Waals surface area contributed by atoms with E-state index >= 15 is 0 Å². The zero-order valence-corrected chi connectivity index (χ0v) is 13.0. The summed E-state index contributed by atoms with van der Waals surface area (Å²) in [5.74, 6) is -3.01. The highest BCUT2D eigenvalue weighted by Gasteiger charge is 2.38. The molecule has 0 radical (unpaired) electrons. The van der Waals surface area contributed by atoms with E-state index in [2.05, 4.69) is 20.0 Å². The number of carbonyl (C=O) groups is 2. The Balaban J connectivity index is 2.14. The Bertz CT molecular complexity index is 774. The van der Waals surface area contributed by atoms with E-state index < -0.39 is 23.8 Å². The van der Waals surface area contributed by atoms with Crippen LogP contribution in [0.3, 0.4) is 0 Å². The van der Waals surface area contributed by atoms with Crippen LogP contribution in [0.1, 0.15) is 24.8 Å². The molecule has 0 fully saturated rings. The SMILES string of the molecule is CCC(=O)C(=O)NCc1ccc(-c2noc(C(F)(F)F)n2)cc1Cl. The third kappa shape index (κ3) is 4.10. The molecule has 0 bridgehead atoms. The fraction of sp³-hybridized carbons (Fsp3) is 0.286. The summed E-state index contributed by atoms with van der Waals surface area (Å²) in [6, 6.07) is 4.26. The number of halogens is 4. The Hall–Kier alpha value is -2.42. The Labute approximate surface area is 139 Å². The topological polar surface area (TPSA) is 85.1 Å². The van der Waals surface area contributed by atoms with Gasteiger partial charge in [-0.15, -0.1) is 0 Å². The average molecular weight is 362 g/mol. The van der Waals surface area contributed by atoms with Gasteiger partial charge in [-0.1, -0.05) is 35.8 Å². The summed E-state index contributed by atoms with van der Waals surface area (Å²) in [4.78, 5) is 25.8. The Morgan fingerprint density at radius 3 is 2.58 bits per heavy atom. The molecule has 1 amide bonds. The van der Waals surface area contributed by atoms with Gasteiger partial charge in [-0.3, -0.25) is 9.59 Å². The van der Waals surface area contributed by atoms with E-state index in [-0.39, 0.29) is 29.4 Å². The van der Waals surface area contributed by atoms with Crippen molar-refractivity contribution in [3.63, 3.8) is 0 Å². The number of alkyl halides is 3. The first-order valence-electron chi connectivity index (χ1n) is 6.73. The first kappa shape index (κ1) is 17.9. The maximum absolute atomic E-state index is 12.4. The molecule has 0 aliphatic carbocycles. The first-order chi connectivity index (χ1) is 11.2. The number of nitrogens with one attached hydrogen (secondary N) is 1. The van der Waals surface area contributed by atoms with Crippen molar-refractivity contribution in [3.8, 4) is 11.4 Å². The summed E-state index contributed by atoms with van der Waals surface area (Å²) in [6.07, 6.45) is -4.65. The highest BCUT2D eigenvalue weighted by Crippen LogP contribution is 2.30. The smallest absolute Gasteiger partial charge is 0.345 e. The van der Waals surface area contributed by atoms with Gasteiger partial charge in [0.1, 0.15) is 0 Å². The molecule has 0 atom stereocenters. The van der Waals surface area contributed by atoms with Gasteiger partial charge in [0.15, 0.2) is 0 Å². The molecule has 0 unspecified atom stereocenters. The van der Waals surface area contributed by atoms with Gasteiger partial charge >= 0.3 is 12.1 Å². The number of hydrogen-bond acceptors (Lipinski definition) is 5. The van der Waals surface area contributed by atoms with Crippen molar-refractivity contribution in [2.75, 3.05) is 0 Å². The molecular weight excluding hydrogens is 351 g/mol. The maximum Gasteiger partial charge on any atom is 0.471 e. The molecule has 0 saturated heterocycles. The van der Waals surface area contributed by atoms with Gasteiger partial charge in [0.25, 0.3) is 5.91 Å². The van der Waals surface area contributed by atoms with E-state index in [0.717, 1.165) is 0 Å². The molecule has 128 valence electrons. The predicted octanol–water partition coefficient (Wildman–Crippen LogP) is 3.00. The summed E-state index contributed by atoms with van der Waals surface area (Å²) in [5.41, 5.74) is 0.705. The van der Waals surface area contributed by atoms with E-state index in [1.54, 1.807) is 6.92 Å². The lowest BCUT2D eigenvalue weighted by Crippen LogP contribution is -2.30. The second-order valence-corrected chi connectivity index (χ2v) is 5.09. The quantitative estimate of drug-likeness (QED) is 0.827. The number of hydrogen-bond donors (Lipinski definition) is 1. The van der Waals surface area contributed by atoms with Crippen LogP contribution in [-0.4, -0.2) is 21.8 Å². The maximum atomic E-state index is 12.4. The fourth-order valence-electron chi connectivity index (χ4n) is 1.72. The van der Waals surface area contributed by atoms with Crippen molar-refractivity contribution < 1.29 is 27.3 Å². The molecule has 6 nitrogen and oxygen atoms in total. The van der Waals surface area contributed by atoms with Gasteiger partial charge in [-0.05, 0) is 11.6 Å². The normalized spacial score (nSPS) is 11.4. The van der Waals surface area contributed by atoms with Crippen LogP contribution < -0.4 is 5.32 Å². The van der Waals surface area contributed by atoms with Crippen molar-refractivity contribution in [1.82, 2.24) is 15.5 Å². The number of aromatic nitrogens is 2. The van der Waals surface area contributed by atoms with Crippen LogP contribution in [0.2, 0.25) is 5.02 Å². The monoisotopic (exact) mass is 361 g/mol. The van der Waals surface area contributed by atoms with Crippen LogP contribution in [0.25, 0.3) is 11.4 Å². The number of nitrogens with zero attached hydrogens (tertiary/aromatic N) is 2. The van der Waals surface area contributed by atoms with Crippen LogP contribution in [0.5, 0.6) is 0 Å². The van der Waals surface area contributed by atoms with Crippen molar-refractivity contribution >= 4 is 23.3 Å². The number of carbonyl (C=O) groups excluding carboxylic acids is 2. The lowest BCUT2D eigenvalue weighted by atomic mass is 10.1. The van der Waals surface area contributed by atoms with Crippen LogP contribution in [0.4, 0.5) is 13.2 Å². The molecule has 0 aliphatic heterocycles. The molecule has 24 heavy (non-hydrogen) atoms. The summed E-state index contributed by atoms with van der Waals surface area (Å²) < 4.78 is 41.5. The van der Waals surface area contributed by atoms with Gasteiger partial charge in [0, 0.05) is 23.6 Å². The molecule has 0 aliphatic rings. The van der Waals surface area contributed by atoms with E-state index in [9.17, 15) is 22.8 Å². The molecular formula is C14H11ClF3N3O3. The van der Waals surface area contributed by atoms with Gasteiger partial charge in [0.05, 0.1) is 0 Å². The average Bonchev–Trinajstić information content (AvgIpc) is 3.02. The third-order valence-corrected chi connectivity index (χ3v) is 3.35. The van der Waals surface area contributed by atoms with Gasteiger partial charge in [-0.2, -0.15) is 18.2 Å².